The van der Waals surface area contributed by atoms with Gasteiger partial charge in [-0.1, -0.05) is 12.1 Å². The number of aliphatic carboxylic acids is 1. The second kappa shape index (κ2) is 14.0. The predicted molar refractivity (Wildman–Crippen MR) is 183 cm³/mol. The third-order valence-electron chi connectivity index (χ3n) is 6.76. The summed E-state index contributed by atoms with van der Waals surface area (Å²) in [6.07, 6.45) is 4.55. The predicted octanol–water partition coefficient (Wildman–Crippen LogP) is 7.35. The van der Waals surface area contributed by atoms with Crippen molar-refractivity contribution in [2.45, 2.75) is 6.92 Å². The third kappa shape index (κ3) is 7.84. The number of rotatable bonds is 11. The minimum atomic E-state index is -1.05. The first-order chi connectivity index (χ1) is 22.8. The van der Waals surface area contributed by atoms with Gasteiger partial charge in [0, 0.05) is 39.1 Å². The van der Waals surface area contributed by atoms with Gasteiger partial charge in [0.05, 0.1) is 28.0 Å². The lowest BCUT2D eigenvalue weighted by Gasteiger charge is -2.12. The van der Waals surface area contributed by atoms with Gasteiger partial charge in [0.1, 0.15) is 5.75 Å². The smallest absolute Gasteiger partial charge is 0.341 e. The first kappa shape index (κ1) is 31.1. The minimum absolute atomic E-state index is 0.277. The molecule has 0 saturated carbocycles. The molecule has 0 atom stereocenters. The number of benzene rings is 2. The Kier molecular flexibility index (Phi) is 9.27. The minimum Gasteiger partial charge on any atom is -0.482 e. The standard InChI is InChI=1S/C34H26N6O5S2/c1-20-4-7-23(16-27(20)40-34-36-13-12-26(39-34)21-5-8-25(9-6-21)45-19-31(41)42)37-32(43)22-15-24(18-35-17-22)38-33(44)30-11-10-29(47-30)28-3-2-14-46-28/h2-18H,19H2,1H3,(H,37,43)(H,38,44)(H,41,42)(H,36,39,40). The van der Waals surface area contributed by atoms with E-state index in [0.717, 1.165) is 20.9 Å². The van der Waals surface area contributed by atoms with E-state index in [1.165, 1.54) is 23.7 Å². The molecule has 6 rings (SSSR count). The molecule has 0 aliphatic rings. The van der Waals surface area contributed by atoms with Crippen LogP contribution in [-0.2, 0) is 4.79 Å². The summed E-state index contributed by atoms with van der Waals surface area (Å²) in [5.74, 6) is -0.939. The molecular formula is C34H26N6O5S2. The van der Waals surface area contributed by atoms with Gasteiger partial charge < -0.3 is 25.8 Å². The molecule has 0 fully saturated rings. The Bertz CT molecular complexity index is 2060. The maximum absolute atomic E-state index is 13.2. The van der Waals surface area contributed by atoms with Gasteiger partial charge in [-0.15, -0.1) is 22.7 Å². The number of carbonyl (C=O) groups is 3. The Balaban J connectivity index is 1.11. The van der Waals surface area contributed by atoms with Crippen LogP contribution in [0, 0.1) is 6.92 Å². The van der Waals surface area contributed by atoms with Crippen molar-refractivity contribution in [2.24, 2.45) is 0 Å². The van der Waals surface area contributed by atoms with E-state index in [-0.39, 0.29) is 11.5 Å². The summed E-state index contributed by atoms with van der Waals surface area (Å²) in [4.78, 5) is 52.5. The van der Waals surface area contributed by atoms with Crippen LogP contribution in [0.25, 0.3) is 21.0 Å². The van der Waals surface area contributed by atoms with E-state index in [0.29, 0.717) is 39.3 Å². The molecule has 2 aromatic carbocycles. The van der Waals surface area contributed by atoms with Gasteiger partial charge >= 0.3 is 5.97 Å². The molecule has 2 amide bonds. The lowest BCUT2D eigenvalue weighted by Crippen LogP contribution is -2.15. The number of amides is 2. The first-order valence-corrected chi connectivity index (χ1v) is 15.9. The Hall–Kier alpha value is -5.92. The molecule has 234 valence electrons. The van der Waals surface area contributed by atoms with Gasteiger partial charge in [0.2, 0.25) is 5.95 Å². The van der Waals surface area contributed by atoms with E-state index in [2.05, 4.69) is 30.9 Å². The molecule has 4 aromatic heterocycles. The molecule has 0 spiro atoms. The maximum atomic E-state index is 13.2. The third-order valence-corrected chi connectivity index (χ3v) is 8.91. The van der Waals surface area contributed by atoms with Crippen molar-refractivity contribution in [1.29, 1.82) is 0 Å². The van der Waals surface area contributed by atoms with E-state index in [1.807, 2.05) is 36.6 Å². The van der Waals surface area contributed by atoms with Crippen LogP contribution >= 0.6 is 22.7 Å². The van der Waals surface area contributed by atoms with Crippen molar-refractivity contribution in [3.8, 4) is 26.8 Å². The number of carboxylic acid groups (broad SMARTS) is 1. The van der Waals surface area contributed by atoms with E-state index in [1.54, 1.807) is 72.1 Å². The van der Waals surface area contributed by atoms with Crippen LogP contribution < -0.4 is 20.7 Å². The van der Waals surface area contributed by atoms with Crippen LogP contribution in [0.4, 0.5) is 23.0 Å². The summed E-state index contributed by atoms with van der Waals surface area (Å²) in [6, 6.07) is 23.3. The van der Waals surface area contributed by atoms with Crippen molar-refractivity contribution in [3.05, 3.63) is 119 Å². The highest BCUT2D eigenvalue weighted by molar-refractivity contribution is 7.22. The van der Waals surface area contributed by atoms with Crippen molar-refractivity contribution >= 4 is 63.5 Å². The van der Waals surface area contributed by atoms with Crippen LogP contribution in [-0.4, -0.2) is 44.4 Å². The Labute approximate surface area is 277 Å². The van der Waals surface area contributed by atoms with Crippen LogP contribution in [0.3, 0.4) is 0 Å². The van der Waals surface area contributed by atoms with Crippen LogP contribution in [0.2, 0.25) is 0 Å². The normalized spacial score (nSPS) is 10.7. The summed E-state index contributed by atoms with van der Waals surface area (Å²) >= 11 is 3.01. The molecule has 4 N–H and O–H groups in total. The maximum Gasteiger partial charge on any atom is 0.341 e. The molecule has 0 saturated heterocycles. The average Bonchev–Trinajstić information content (AvgIpc) is 3.79. The van der Waals surface area contributed by atoms with Crippen molar-refractivity contribution in [1.82, 2.24) is 15.0 Å². The molecule has 4 heterocycles. The van der Waals surface area contributed by atoms with E-state index in [9.17, 15) is 14.4 Å². The SMILES string of the molecule is Cc1ccc(NC(=O)c2cncc(NC(=O)c3ccc(-c4cccs4)s3)c2)cc1Nc1nccc(-c2ccc(OCC(=O)O)cc2)n1. The van der Waals surface area contributed by atoms with Crippen LogP contribution in [0.1, 0.15) is 25.6 Å². The molecule has 0 aliphatic carbocycles. The number of aromatic nitrogens is 3. The Morgan fingerprint density at radius 2 is 1.70 bits per heavy atom. The van der Waals surface area contributed by atoms with Gasteiger partial charge in [-0.2, -0.15) is 0 Å². The van der Waals surface area contributed by atoms with Gasteiger partial charge in [-0.05, 0) is 84.6 Å². The van der Waals surface area contributed by atoms with Crippen molar-refractivity contribution < 1.29 is 24.2 Å². The zero-order valence-corrected chi connectivity index (χ0v) is 26.4. The summed E-state index contributed by atoms with van der Waals surface area (Å²) in [5, 5.41) is 19.7. The molecule has 0 radical (unpaired) electrons. The second-order valence-electron chi connectivity index (χ2n) is 10.1. The average molecular weight is 663 g/mol. The van der Waals surface area contributed by atoms with E-state index >= 15 is 0 Å². The molecule has 0 bridgehead atoms. The molecule has 6 aromatic rings. The van der Waals surface area contributed by atoms with Crippen LogP contribution in [0.15, 0.2) is 103 Å². The van der Waals surface area contributed by atoms with Crippen molar-refractivity contribution in [3.63, 3.8) is 0 Å². The number of carbonyl (C=O) groups excluding carboxylic acids is 2. The zero-order chi connectivity index (χ0) is 32.8. The highest BCUT2D eigenvalue weighted by Crippen LogP contribution is 2.32. The van der Waals surface area contributed by atoms with Gasteiger partial charge in [-0.25, -0.2) is 14.8 Å². The number of hydrogen-bond donors (Lipinski definition) is 4. The summed E-state index contributed by atoms with van der Waals surface area (Å²) in [6.45, 7) is 1.50. The number of carboxylic acids is 1. The lowest BCUT2D eigenvalue weighted by molar-refractivity contribution is -0.139. The Morgan fingerprint density at radius 3 is 2.49 bits per heavy atom. The number of anilines is 4. The van der Waals surface area contributed by atoms with E-state index < -0.39 is 18.5 Å². The molecule has 0 aliphatic heterocycles. The summed E-state index contributed by atoms with van der Waals surface area (Å²) in [7, 11) is 0. The molecule has 47 heavy (non-hydrogen) atoms. The first-order valence-electron chi connectivity index (χ1n) is 14.2. The van der Waals surface area contributed by atoms with Crippen molar-refractivity contribution in [2.75, 3.05) is 22.6 Å². The van der Waals surface area contributed by atoms with Gasteiger partial charge in [0.25, 0.3) is 11.8 Å². The van der Waals surface area contributed by atoms with Gasteiger partial charge in [-0.3, -0.25) is 14.6 Å². The quantitative estimate of drug-likeness (QED) is 0.111. The van der Waals surface area contributed by atoms with E-state index in [4.69, 9.17) is 9.84 Å². The lowest BCUT2D eigenvalue weighted by atomic mass is 10.1. The largest absolute Gasteiger partial charge is 0.482 e. The number of ether oxygens (including phenoxy) is 1. The molecule has 0 unspecified atom stereocenters. The molecular weight excluding hydrogens is 637 g/mol. The van der Waals surface area contributed by atoms with Gasteiger partial charge in [0.15, 0.2) is 6.61 Å². The summed E-state index contributed by atoms with van der Waals surface area (Å²) < 4.78 is 5.20. The number of hydrogen-bond acceptors (Lipinski definition) is 10. The Morgan fingerprint density at radius 1 is 0.872 bits per heavy atom. The monoisotopic (exact) mass is 662 g/mol. The highest BCUT2D eigenvalue weighted by Gasteiger charge is 2.14. The number of thiophene rings is 2. The fraction of sp³-hybridized carbons (Fsp3) is 0.0588. The summed E-state index contributed by atoms with van der Waals surface area (Å²) in [5.41, 5.74) is 4.24. The molecule has 13 heteroatoms. The van der Waals surface area contributed by atoms with Crippen LogP contribution in [0.5, 0.6) is 5.75 Å². The fourth-order valence-electron chi connectivity index (χ4n) is 4.44. The number of nitrogens with zero attached hydrogens (tertiary/aromatic N) is 3. The highest BCUT2D eigenvalue weighted by atomic mass is 32.1. The fourth-order valence-corrected chi connectivity index (χ4v) is 6.18. The number of aryl methyl sites for hydroxylation is 1. The zero-order valence-electron chi connectivity index (χ0n) is 24.8. The molecule has 11 nitrogen and oxygen atoms in total. The second-order valence-corrected chi connectivity index (χ2v) is 12.2. The topological polar surface area (TPSA) is 155 Å². The number of nitrogens with one attached hydrogen (secondary N) is 3. The number of pyridine rings is 1.